The minimum absolute atomic E-state index is 0.00580. The summed E-state index contributed by atoms with van der Waals surface area (Å²) >= 11 is 1.02. The Hall–Kier alpha value is -1.87. The highest BCUT2D eigenvalue weighted by molar-refractivity contribution is 7.89. The van der Waals surface area contributed by atoms with Crippen molar-refractivity contribution >= 4 is 32.8 Å². The zero-order chi connectivity index (χ0) is 16.7. The number of nitrogens with zero attached hydrogens (tertiary/aromatic N) is 3. The first-order valence-corrected chi connectivity index (χ1v) is 9.76. The molecule has 2 N–H and O–H groups in total. The average Bonchev–Trinajstić information content (AvgIpc) is 3.21. The summed E-state index contributed by atoms with van der Waals surface area (Å²) in [6, 6.07) is 14.6. The highest BCUT2D eigenvalue weighted by atomic mass is 32.2. The van der Waals surface area contributed by atoms with Gasteiger partial charge >= 0.3 is 0 Å². The normalized spacial score (nSPS) is 22.2. The minimum Gasteiger partial charge on any atom is -0.326 e. The topological polar surface area (TPSA) is 89.2 Å². The van der Waals surface area contributed by atoms with Crippen molar-refractivity contribution in [2.24, 2.45) is 5.73 Å². The van der Waals surface area contributed by atoms with Crippen LogP contribution in [0.25, 0.3) is 11.0 Å². The lowest BCUT2D eigenvalue weighted by Gasteiger charge is -2.16. The zero-order valence-electron chi connectivity index (χ0n) is 12.7. The van der Waals surface area contributed by atoms with E-state index in [9.17, 15) is 8.42 Å². The smallest absolute Gasteiger partial charge is 0.245 e. The molecule has 8 heteroatoms. The molecule has 1 saturated heterocycles. The number of aromatic nitrogens is 2. The molecule has 2 atom stereocenters. The van der Waals surface area contributed by atoms with Gasteiger partial charge in [0.2, 0.25) is 10.0 Å². The first kappa shape index (κ1) is 15.6. The van der Waals surface area contributed by atoms with Crippen LogP contribution in [0.3, 0.4) is 0 Å². The summed E-state index contributed by atoms with van der Waals surface area (Å²) < 4.78 is 35.9. The Balaban J connectivity index is 1.70. The van der Waals surface area contributed by atoms with Crippen LogP contribution in [0.1, 0.15) is 11.5 Å². The Kier molecular flexibility index (Phi) is 3.84. The van der Waals surface area contributed by atoms with Gasteiger partial charge in [0.1, 0.15) is 15.9 Å². The van der Waals surface area contributed by atoms with E-state index in [-0.39, 0.29) is 16.9 Å². The molecule has 124 valence electrons. The molecule has 0 radical (unpaired) electrons. The summed E-state index contributed by atoms with van der Waals surface area (Å²) in [5.41, 5.74) is 8.33. The Labute approximate surface area is 144 Å². The van der Waals surface area contributed by atoms with Gasteiger partial charge in [-0.25, -0.2) is 8.42 Å². The Bertz CT molecular complexity index is 972. The molecule has 0 saturated carbocycles. The van der Waals surface area contributed by atoms with Gasteiger partial charge in [0, 0.05) is 25.0 Å². The van der Waals surface area contributed by atoms with Crippen molar-refractivity contribution in [2.75, 3.05) is 13.1 Å². The van der Waals surface area contributed by atoms with Gasteiger partial charge in [-0.15, -0.1) is 0 Å². The van der Waals surface area contributed by atoms with E-state index in [4.69, 9.17) is 5.73 Å². The predicted octanol–water partition coefficient (Wildman–Crippen LogP) is 1.81. The monoisotopic (exact) mass is 360 g/mol. The molecule has 1 aliphatic heterocycles. The van der Waals surface area contributed by atoms with Crippen molar-refractivity contribution in [3.05, 3.63) is 54.1 Å². The van der Waals surface area contributed by atoms with E-state index in [1.807, 2.05) is 30.3 Å². The van der Waals surface area contributed by atoms with Gasteiger partial charge in [-0.05, 0) is 17.7 Å². The van der Waals surface area contributed by atoms with Gasteiger partial charge in [-0.1, -0.05) is 36.4 Å². The maximum absolute atomic E-state index is 13.1. The lowest BCUT2D eigenvalue weighted by Crippen LogP contribution is -2.32. The molecule has 0 amide bonds. The zero-order valence-corrected chi connectivity index (χ0v) is 14.4. The summed E-state index contributed by atoms with van der Waals surface area (Å²) in [6.07, 6.45) is 0. The van der Waals surface area contributed by atoms with E-state index in [1.165, 1.54) is 4.31 Å². The van der Waals surface area contributed by atoms with Crippen molar-refractivity contribution in [2.45, 2.75) is 16.9 Å². The minimum atomic E-state index is -3.65. The Morgan fingerprint density at radius 1 is 1.04 bits per heavy atom. The number of nitrogens with two attached hydrogens (primary N) is 1. The molecular weight excluding hydrogens is 344 g/mol. The lowest BCUT2D eigenvalue weighted by molar-refractivity contribution is 0.471. The quantitative estimate of drug-likeness (QED) is 0.769. The molecule has 1 aliphatic rings. The van der Waals surface area contributed by atoms with Crippen LogP contribution in [0.4, 0.5) is 0 Å². The maximum atomic E-state index is 13.1. The second-order valence-electron chi connectivity index (χ2n) is 5.89. The van der Waals surface area contributed by atoms with Gasteiger partial charge < -0.3 is 5.73 Å². The lowest BCUT2D eigenvalue weighted by atomic mass is 9.95. The first-order chi connectivity index (χ1) is 11.6. The summed E-state index contributed by atoms with van der Waals surface area (Å²) in [7, 11) is -3.65. The maximum Gasteiger partial charge on any atom is 0.245 e. The molecule has 3 aromatic rings. The molecule has 24 heavy (non-hydrogen) atoms. The largest absolute Gasteiger partial charge is 0.326 e. The number of fused-ring (bicyclic) bond motifs is 1. The average molecular weight is 360 g/mol. The highest BCUT2D eigenvalue weighted by Crippen LogP contribution is 2.32. The number of rotatable bonds is 3. The van der Waals surface area contributed by atoms with E-state index >= 15 is 0 Å². The van der Waals surface area contributed by atoms with Crippen LogP contribution in [0, 0.1) is 0 Å². The second kappa shape index (κ2) is 5.89. The molecule has 1 fully saturated rings. The van der Waals surface area contributed by atoms with Gasteiger partial charge in [0.05, 0.1) is 11.7 Å². The summed E-state index contributed by atoms with van der Waals surface area (Å²) in [5.74, 6) is -0.00580. The van der Waals surface area contributed by atoms with E-state index in [0.717, 1.165) is 17.3 Å². The molecule has 6 nitrogen and oxygen atoms in total. The highest BCUT2D eigenvalue weighted by Gasteiger charge is 2.39. The van der Waals surface area contributed by atoms with Crippen LogP contribution in [0.15, 0.2) is 53.4 Å². The second-order valence-corrected chi connectivity index (χ2v) is 8.33. The van der Waals surface area contributed by atoms with Crippen LogP contribution in [-0.2, 0) is 10.0 Å². The van der Waals surface area contributed by atoms with Gasteiger partial charge in [-0.3, -0.25) is 0 Å². The molecule has 4 rings (SSSR count). The number of sulfonamides is 1. The molecular formula is C16H16N4O2S2. The molecule has 1 aromatic heterocycles. The molecule has 2 aromatic carbocycles. The van der Waals surface area contributed by atoms with Crippen LogP contribution in [0.5, 0.6) is 0 Å². The van der Waals surface area contributed by atoms with E-state index in [2.05, 4.69) is 8.75 Å². The van der Waals surface area contributed by atoms with E-state index in [1.54, 1.807) is 18.2 Å². The van der Waals surface area contributed by atoms with Crippen molar-refractivity contribution in [1.82, 2.24) is 13.1 Å². The fraction of sp³-hybridized carbons (Fsp3) is 0.250. The van der Waals surface area contributed by atoms with E-state index in [0.29, 0.717) is 24.1 Å². The van der Waals surface area contributed by atoms with Crippen LogP contribution in [-0.4, -0.2) is 40.6 Å². The third kappa shape index (κ3) is 2.51. The van der Waals surface area contributed by atoms with Crippen LogP contribution < -0.4 is 5.73 Å². The molecule has 0 spiro atoms. The van der Waals surface area contributed by atoms with Gasteiger partial charge in [-0.2, -0.15) is 13.1 Å². The Morgan fingerprint density at radius 2 is 1.83 bits per heavy atom. The predicted molar refractivity (Wildman–Crippen MR) is 93.3 cm³/mol. The third-order valence-corrected chi connectivity index (χ3v) is 6.83. The SMILES string of the molecule is N[C@@H]1CN(S(=O)(=O)c2cccc3nsnc23)C[C@H]1c1ccccc1. The summed E-state index contributed by atoms with van der Waals surface area (Å²) in [5, 5.41) is 0. The fourth-order valence-corrected chi connectivity index (χ4v) is 5.43. The first-order valence-electron chi connectivity index (χ1n) is 7.59. The standard InChI is InChI=1S/C16H16N4O2S2/c17-13-10-20(9-12(13)11-5-2-1-3-6-11)24(21,22)15-8-4-7-14-16(15)19-23-18-14/h1-8,12-13H,9-10,17H2/t12-,13+/m0/s1. The third-order valence-electron chi connectivity index (χ3n) is 4.43. The van der Waals surface area contributed by atoms with E-state index < -0.39 is 10.0 Å². The molecule has 0 aliphatic carbocycles. The fourth-order valence-electron chi connectivity index (χ4n) is 3.17. The van der Waals surface area contributed by atoms with Crippen LogP contribution in [0.2, 0.25) is 0 Å². The van der Waals surface area contributed by atoms with Crippen molar-refractivity contribution < 1.29 is 8.42 Å². The number of benzene rings is 2. The van der Waals surface area contributed by atoms with Gasteiger partial charge in [0.25, 0.3) is 0 Å². The molecule has 0 unspecified atom stereocenters. The van der Waals surface area contributed by atoms with Crippen molar-refractivity contribution in [3.8, 4) is 0 Å². The molecule has 0 bridgehead atoms. The Morgan fingerprint density at radius 3 is 2.62 bits per heavy atom. The number of hydrogen-bond acceptors (Lipinski definition) is 6. The summed E-state index contributed by atoms with van der Waals surface area (Å²) in [4.78, 5) is 0.203. The van der Waals surface area contributed by atoms with Gasteiger partial charge in [0.15, 0.2) is 0 Å². The number of hydrogen-bond donors (Lipinski definition) is 1. The summed E-state index contributed by atoms with van der Waals surface area (Å²) in [6.45, 7) is 0.678. The molecule has 2 heterocycles. The van der Waals surface area contributed by atoms with Crippen molar-refractivity contribution in [1.29, 1.82) is 0 Å². The van der Waals surface area contributed by atoms with Crippen LogP contribution >= 0.6 is 11.7 Å². The van der Waals surface area contributed by atoms with Crippen molar-refractivity contribution in [3.63, 3.8) is 0 Å².